The maximum atomic E-state index is 12.5. The first-order valence-electron chi connectivity index (χ1n) is 11.0. The first-order valence-corrected chi connectivity index (χ1v) is 12.6. The van der Waals surface area contributed by atoms with Gasteiger partial charge in [0.1, 0.15) is 6.61 Å². The van der Waals surface area contributed by atoms with Gasteiger partial charge < -0.3 is 4.74 Å². The van der Waals surface area contributed by atoms with Gasteiger partial charge in [-0.25, -0.2) is 5.43 Å². The van der Waals surface area contributed by atoms with E-state index in [4.69, 9.17) is 27.9 Å². The zero-order chi connectivity index (χ0) is 25.9. The second-order valence-corrected chi connectivity index (χ2v) is 9.97. The molecule has 4 aromatic carbocycles. The summed E-state index contributed by atoms with van der Waals surface area (Å²) in [7, 11) is 0. The highest BCUT2D eigenvalue weighted by Crippen LogP contribution is 2.35. The molecule has 1 aromatic heterocycles. The molecule has 0 aliphatic rings. The van der Waals surface area contributed by atoms with Crippen LogP contribution in [-0.2, 0) is 6.61 Å². The SMILES string of the molecule is O=C(N/N=C\c1cc(Cl)c(OCc2ccc3ccccc3c2)c(Cl)c1)c1cc2cc([N+](=O)[O-])ccc2s1. The molecule has 7 nitrogen and oxygen atoms in total. The van der Waals surface area contributed by atoms with Gasteiger partial charge in [-0.1, -0.05) is 59.6 Å². The average Bonchev–Trinajstić information content (AvgIpc) is 3.32. The molecular formula is C27H17Cl2N3O4S. The summed E-state index contributed by atoms with van der Waals surface area (Å²) in [5.41, 5.74) is 3.97. The Balaban J connectivity index is 1.24. The zero-order valence-corrected chi connectivity index (χ0v) is 21.3. The Kier molecular flexibility index (Phi) is 7.05. The van der Waals surface area contributed by atoms with Crippen LogP contribution in [0, 0.1) is 10.1 Å². The van der Waals surface area contributed by atoms with Gasteiger partial charge in [0.25, 0.3) is 11.6 Å². The van der Waals surface area contributed by atoms with Crippen molar-refractivity contribution in [2.45, 2.75) is 6.61 Å². The smallest absolute Gasteiger partial charge is 0.281 e. The number of benzene rings is 4. The number of hydrogen-bond donors (Lipinski definition) is 1. The molecule has 1 heterocycles. The van der Waals surface area contributed by atoms with Crippen molar-refractivity contribution in [1.82, 2.24) is 5.43 Å². The van der Waals surface area contributed by atoms with Crippen LogP contribution in [0.2, 0.25) is 10.0 Å². The minimum atomic E-state index is -0.475. The predicted molar refractivity (Wildman–Crippen MR) is 148 cm³/mol. The minimum absolute atomic E-state index is 0.0336. The number of nitrogens with one attached hydrogen (secondary N) is 1. The van der Waals surface area contributed by atoms with Gasteiger partial charge in [-0.3, -0.25) is 14.9 Å². The van der Waals surface area contributed by atoms with E-state index in [-0.39, 0.29) is 5.69 Å². The molecule has 184 valence electrons. The van der Waals surface area contributed by atoms with Gasteiger partial charge in [0, 0.05) is 22.2 Å². The van der Waals surface area contributed by atoms with E-state index >= 15 is 0 Å². The lowest BCUT2D eigenvalue weighted by Crippen LogP contribution is -2.16. The molecule has 0 aliphatic carbocycles. The first-order chi connectivity index (χ1) is 17.9. The normalized spacial score (nSPS) is 11.3. The van der Waals surface area contributed by atoms with E-state index in [2.05, 4.69) is 16.6 Å². The molecule has 0 saturated carbocycles. The molecular weight excluding hydrogens is 533 g/mol. The highest BCUT2D eigenvalue weighted by Gasteiger charge is 2.14. The molecule has 1 amide bonds. The Morgan fingerprint density at radius 2 is 1.73 bits per heavy atom. The Morgan fingerprint density at radius 1 is 0.973 bits per heavy atom. The number of rotatable bonds is 7. The Bertz CT molecular complexity index is 1680. The van der Waals surface area contributed by atoms with E-state index in [0.717, 1.165) is 21.0 Å². The summed E-state index contributed by atoms with van der Waals surface area (Å²) < 4.78 is 6.65. The second kappa shape index (κ2) is 10.6. The fourth-order valence-corrected chi connectivity index (χ4v) is 5.30. The molecule has 0 aliphatic heterocycles. The predicted octanol–water partition coefficient (Wildman–Crippen LogP) is 7.61. The van der Waals surface area contributed by atoms with Gasteiger partial charge in [-0.15, -0.1) is 11.3 Å². The number of nitro groups is 1. The largest absolute Gasteiger partial charge is 0.486 e. The fourth-order valence-electron chi connectivity index (χ4n) is 3.75. The maximum absolute atomic E-state index is 12.5. The van der Waals surface area contributed by atoms with E-state index < -0.39 is 10.8 Å². The van der Waals surface area contributed by atoms with Crippen LogP contribution >= 0.6 is 34.5 Å². The van der Waals surface area contributed by atoms with Gasteiger partial charge in [-0.05, 0) is 52.2 Å². The van der Waals surface area contributed by atoms with E-state index in [1.165, 1.54) is 29.7 Å². The quantitative estimate of drug-likeness (QED) is 0.128. The van der Waals surface area contributed by atoms with E-state index in [0.29, 0.717) is 38.2 Å². The number of thiophene rings is 1. The van der Waals surface area contributed by atoms with Crippen molar-refractivity contribution in [2.75, 3.05) is 0 Å². The van der Waals surface area contributed by atoms with E-state index in [1.807, 2.05) is 36.4 Å². The zero-order valence-electron chi connectivity index (χ0n) is 19.0. The number of nitrogens with zero attached hydrogens (tertiary/aromatic N) is 2. The van der Waals surface area contributed by atoms with Gasteiger partial charge in [0.15, 0.2) is 5.75 Å². The van der Waals surface area contributed by atoms with Gasteiger partial charge in [0.05, 0.1) is 26.1 Å². The topological polar surface area (TPSA) is 93.8 Å². The van der Waals surface area contributed by atoms with Crippen molar-refractivity contribution in [3.8, 4) is 5.75 Å². The summed E-state index contributed by atoms with van der Waals surface area (Å²) in [5, 5.41) is 18.4. The van der Waals surface area contributed by atoms with Crippen molar-refractivity contribution in [3.05, 3.63) is 115 Å². The lowest BCUT2D eigenvalue weighted by molar-refractivity contribution is -0.384. The van der Waals surface area contributed by atoms with Crippen LogP contribution in [0.5, 0.6) is 5.75 Å². The van der Waals surface area contributed by atoms with Crippen molar-refractivity contribution < 1.29 is 14.5 Å². The second-order valence-electron chi connectivity index (χ2n) is 8.07. The number of carbonyl (C=O) groups excluding carboxylic acids is 1. The summed E-state index contributed by atoms with van der Waals surface area (Å²) >= 11 is 14.0. The molecule has 0 radical (unpaired) electrons. The van der Waals surface area contributed by atoms with Crippen LogP contribution in [0.4, 0.5) is 5.69 Å². The fraction of sp³-hybridized carbons (Fsp3) is 0.0370. The van der Waals surface area contributed by atoms with Crippen LogP contribution in [-0.4, -0.2) is 17.0 Å². The third kappa shape index (κ3) is 5.56. The lowest BCUT2D eigenvalue weighted by Gasteiger charge is -2.11. The van der Waals surface area contributed by atoms with Crippen LogP contribution in [0.15, 0.2) is 84.0 Å². The summed E-state index contributed by atoms with van der Waals surface area (Å²) in [5.74, 6) is -0.0790. The molecule has 0 spiro atoms. The molecule has 0 saturated heterocycles. The van der Waals surface area contributed by atoms with Crippen molar-refractivity contribution in [1.29, 1.82) is 0 Å². The number of carbonyl (C=O) groups is 1. The number of non-ortho nitro benzene ring substituents is 1. The first kappa shape index (κ1) is 24.7. The highest BCUT2D eigenvalue weighted by molar-refractivity contribution is 7.20. The van der Waals surface area contributed by atoms with Gasteiger partial charge in [0.2, 0.25) is 0 Å². The summed E-state index contributed by atoms with van der Waals surface area (Å²) in [4.78, 5) is 23.4. The van der Waals surface area contributed by atoms with E-state index in [9.17, 15) is 14.9 Å². The number of ether oxygens (including phenoxy) is 1. The van der Waals surface area contributed by atoms with Crippen LogP contribution in [0.25, 0.3) is 20.9 Å². The lowest BCUT2D eigenvalue weighted by atomic mass is 10.1. The number of hydrogen-bond acceptors (Lipinski definition) is 6. The van der Waals surface area contributed by atoms with Gasteiger partial charge >= 0.3 is 0 Å². The average molecular weight is 550 g/mol. The number of halogens is 2. The monoisotopic (exact) mass is 549 g/mol. The number of hydrazone groups is 1. The van der Waals surface area contributed by atoms with Crippen molar-refractivity contribution in [3.63, 3.8) is 0 Å². The summed E-state index contributed by atoms with van der Waals surface area (Å²) in [6.45, 7) is 0.298. The minimum Gasteiger partial charge on any atom is -0.486 e. The molecule has 37 heavy (non-hydrogen) atoms. The summed E-state index contributed by atoms with van der Waals surface area (Å²) in [6, 6.07) is 23.5. The Morgan fingerprint density at radius 3 is 2.49 bits per heavy atom. The van der Waals surface area contributed by atoms with Crippen LogP contribution in [0.1, 0.15) is 20.8 Å². The number of nitro benzene ring substituents is 1. The van der Waals surface area contributed by atoms with Crippen molar-refractivity contribution in [2.24, 2.45) is 5.10 Å². The molecule has 0 unspecified atom stereocenters. The Labute approximate surface area is 225 Å². The van der Waals surface area contributed by atoms with Crippen LogP contribution < -0.4 is 10.2 Å². The van der Waals surface area contributed by atoms with Crippen LogP contribution in [0.3, 0.4) is 0 Å². The highest BCUT2D eigenvalue weighted by atomic mass is 35.5. The molecule has 5 rings (SSSR count). The molecule has 10 heteroatoms. The standard InChI is InChI=1S/C27H17Cl2N3O4S/c28-22-10-17(11-23(29)26(22)36-15-16-5-6-18-3-1-2-4-19(18)9-16)14-30-31-27(33)25-13-20-12-21(32(34)35)7-8-24(20)37-25/h1-14H,15H2,(H,31,33)/b30-14-. The molecule has 0 fully saturated rings. The molecule has 0 atom stereocenters. The number of fused-ring (bicyclic) bond motifs is 2. The molecule has 5 aromatic rings. The van der Waals surface area contributed by atoms with Gasteiger partial charge in [-0.2, -0.15) is 5.10 Å². The maximum Gasteiger partial charge on any atom is 0.281 e. The van der Waals surface area contributed by atoms with E-state index in [1.54, 1.807) is 24.3 Å². The molecule has 0 bridgehead atoms. The van der Waals surface area contributed by atoms with Crippen molar-refractivity contribution >= 4 is 73.2 Å². The third-order valence-electron chi connectivity index (χ3n) is 5.53. The number of amides is 1. The molecule has 1 N–H and O–H groups in total. The summed E-state index contributed by atoms with van der Waals surface area (Å²) in [6.07, 6.45) is 1.42. The Hall–Kier alpha value is -3.98. The third-order valence-corrected chi connectivity index (χ3v) is 7.21.